The molecule has 2 heterocycles. The topological polar surface area (TPSA) is 75.9 Å². The van der Waals surface area contributed by atoms with Crippen LogP contribution in [0.25, 0.3) is 5.69 Å². The number of nitrogens with one attached hydrogen (secondary N) is 1. The number of benzene rings is 2. The molecule has 7 nitrogen and oxygen atoms in total. The lowest BCUT2D eigenvalue weighted by molar-refractivity contribution is -0.115. The zero-order valence-corrected chi connectivity index (χ0v) is 16.0. The number of hydrogen-bond donors (Lipinski definition) is 1. The van der Waals surface area contributed by atoms with Gasteiger partial charge in [0.1, 0.15) is 0 Å². The molecule has 2 aromatic carbocycles. The Bertz CT molecular complexity index is 944. The number of carbonyl (C=O) groups is 1. The molecule has 144 valence electrons. The summed E-state index contributed by atoms with van der Waals surface area (Å²) in [4.78, 5) is 15.0. The van der Waals surface area contributed by atoms with Gasteiger partial charge in [-0.2, -0.15) is 4.68 Å². The van der Waals surface area contributed by atoms with Crippen molar-refractivity contribution < 1.29 is 4.79 Å². The molecule has 1 aliphatic heterocycles. The molecular weight excluding hydrogens is 352 g/mol. The Balaban J connectivity index is 1.40. The molecule has 1 aliphatic rings. The van der Waals surface area contributed by atoms with Gasteiger partial charge in [-0.3, -0.25) is 9.69 Å². The molecule has 0 saturated carbocycles. The molecule has 0 bridgehead atoms. The van der Waals surface area contributed by atoms with Gasteiger partial charge >= 0.3 is 0 Å². The van der Waals surface area contributed by atoms with Crippen molar-refractivity contribution in [2.75, 3.05) is 18.4 Å². The van der Waals surface area contributed by atoms with Crippen LogP contribution < -0.4 is 5.32 Å². The summed E-state index contributed by atoms with van der Waals surface area (Å²) in [5.41, 5.74) is 3.90. The minimum atomic E-state index is -0.0137. The van der Waals surface area contributed by atoms with E-state index in [0.717, 1.165) is 42.4 Å². The number of aryl methyl sites for hydroxylation is 1. The highest BCUT2D eigenvalue weighted by atomic mass is 16.1. The van der Waals surface area contributed by atoms with Crippen LogP contribution in [-0.2, 0) is 17.8 Å². The number of carbonyl (C=O) groups excluding carboxylic acids is 1. The van der Waals surface area contributed by atoms with Crippen molar-refractivity contribution >= 4 is 11.6 Å². The number of tetrazole rings is 1. The number of likely N-dealkylation sites (tertiary alicyclic amines) is 1. The van der Waals surface area contributed by atoms with Gasteiger partial charge in [-0.1, -0.05) is 30.3 Å². The van der Waals surface area contributed by atoms with Crippen LogP contribution in [0.15, 0.2) is 48.5 Å². The van der Waals surface area contributed by atoms with Gasteiger partial charge < -0.3 is 5.32 Å². The van der Waals surface area contributed by atoms with E-state index in [4.69, 9.17) is 0 Å². The molecule has 1 N–H and O–H groups in total. The number of para-hydroxylation sites is 1. The molecule has 7 heteroatoms. The highest BCUT2D eigenvalue weighted by molar-refractivity contribution is 5.93. The Labute approximate surface area is 164 Å². The Morgan fingerprint density at radius 3 is 2.54 bits per heavy atom. The van der Waals surface area contributed by atoms with Crippen molar-refractivity contribution in [3.63, 3.8) is 0 Å². The summed E-state index contributed by atoms with van der Waals surface area (Å²) in [7, 11) is 0. The van der Waals surface area contributed by atoms with Crippen molar-refractivity contribution in [3.05, 3.63) is 65.5 Å². The molecule has 1 fully saturated rings. The molecule has 0 spiro atoms. The third kappa shape index (κ3) is 4.26. The van der Waals surface area contributed by atoms with Crippen molar-refractivity contribution in [2.45, 2.75) is 32.7 Å². The summed E-state index contributed by atoms with van der Waals surface area (Å²) >= 11 is 0. The average molecular weight is 376 g/mol. The molecule has 0 aliphatic carbocycles. The van der Waals surface area contributed by atoms with Gasteiger partial charge in [0.05, 0.1) is 12.1 Å². The van der Waals surface area contributed by atoms with E-state index in [1.165, 1.54) is 18.4 Å². The van der Waals surface area contributed by atoms with Crippen molar-refractivity contribution in [1.29, 1.82) is 0 Å². The minimum Gasteiger partial charge on any atom is -0.325 e. The SMILES string of the molecule is Cc1nnnn1-c1ccc(CC(=O)Nc2ccccc2CN2CCCC2)cc1. The standard InChI is InChI=1S/C21H24N6O/c1-16-23-24-25-27(16)19-10-8-17(9-11-19)14-21(28)22-20-7-3-2-6-18(20)15-26-12-4-5-13-26/h2-3,6-11H,4-5,12-15H2,1H3,(H,22,28). The minimum absolute atomic E-state index is 0.0137. The largest absolute Gasteiger partial charge is 0.325 e. The van der Waals surface area contributed by atoms with Gasteiger partial charge in [0.2, 0.25) is 5.91 Å². The maximum atomic E-state index is 12.6. The predicted molar refractivity (Wildman–Crippen MR) is 107 cm³/mol. The second kappa shape index (κ2) is 8.31. The van der Waals surface area contributed by atoms with Gasteiger partial charge in [-0.15, -0.1) is 5.10 Å². The van der Waals surface area contributed by atoms with Crippen LogP contribution >= 0.6 is 0 Å². The Morgan fingerprint density at radius 1 is 1.07 bits per heavy atom. The summed E-state index contributed by atoms with van der Waals surface area (Å²) in [6.07, 6.45) is 2.84. The molecular formula is C21H24N6O. The highest BCUT2D eigenvalue weighted by Gasteiger charge is 2.14. The monoisotopic (exact) mass is 376 g/mol. The van der Waals surface area contributed by atoms with E-state index in [1.807, 2.05) is 49.4 Å². The van der Waals surface area contributed by atoms with Crippen LogP contribution in [-0.4, -0.2) is 44.1 Å². The molecule has 3 aromatic rings. The van der Waals surface area contributed by atoms with Gasteiger partial charge in [-0.05, 0) is 72.6 Å². The first-order valence-electron chi connectivity index (χ1n) is 9.63. The maximum Gasteiger partial charge on any atom is 0.228 e. The van der Waals surface area contributed by atoms with E-state index in [-0.39, 0.29) is 5.91 Å². The highest BCUT2D eigenvalue weighted by Crippen LogP contribution is 2.20. The first-order valence-corrected chi connectivity index (χ1v) is 9.63. The van der Waals surface area contributed by atoms with E-state index in [9.17, 15) is 4.79 Å². The summed E-state index contributed by atoms with van der Waals surface area (Å²) in [5, 5.41) is 14.6. The van der Waals surface area contributed by atoms with E-state index in [2.05, 4.69) is 31.8 Å². The third-order valence-corrected chi connectivity index (χ3v) is 5.06. The second-order valence-corrected chi connectivity index (χ2v) is 7.17. The Kier molecular flexibility index (Phi) is 5.43. The Morgan fingerprint density at radius 2 is 1.82 bits per heavy atom. The van der Waals surface area contributed by atoms with Crippen LogP contribution in [0.3, 0.4) is 0 Å². The van der Waals surface area contributed by atoms with Crippen molar-refractivity contribution in [3.8, 4) is 5.69 Å². The number of hydrogen-bond acceptors (Lipinski definition) is 5. The third-order valence-electron chi connectivity index (χ3n) is 5.06. The lowest BCUT2D eigenvalue weighted by Gasteiger charge is -2.18. The fourth-order valence-electron chi connectivity index (χ4n) is 3.57. The van der Waals surface area contributed by atoms with Gasteiger partial charge in [0, 0.05) is 12.2 Å². The molecule has 0 unspecified atom stereocenters. The summed E-state index contributed by atoms with van der Waals surface area (Å²) in [6.45, 7) is 5.00. The molecule has 1 amide bonds. The predicted octanol–water partition coefficient (Wildman–Crippen LogP) is 2.75. The fourth-order valence-corrected chi connectivity index (χ4v) is 3.57. The van der Waals surface area contributed by atoms with E-state index < -0.39 is 0 Å². The molecule has 4 rings (SSSR count). The zero-order valence-electron chi connectivity index (χ0n) is 16.0. The van der Waals surface area contributed by atoms with Gasteiger partial charge in [-0.25, -0.2) is 0 Å². The normalized spacial score (nSPS) is 14.3. The van der Waals surface area contributed by atoms with E-state index >= 15 is 0 Å². The number of nitrogens with zero attached hydrogens (tertiary/aromatic N) is 5. The van der Waals surface area contributed by atoms with E-state index in [0.29, 0.717) is 6.42 Å². The summed E-state index contributed by atoms with van der Waals surface area (Å²) < 4.78 is 1.67. The first kappa shape index (κ1) is 18.3. The summed E-state index contributed by atoms with van der Waals surface area (Å²) in [6, 6.07) is 15.8. The molecule has 1 saturated heterocycles. The second-order valence-electron chi connectivity index (χ2n) is 7.17. The van der Waals surface area contributed by atoms with Crippen LogP contribution in [0.5, 0.6) is 0 Å². The van der Waals surface area contributed by atoms with Crippen molar-refractivity contribution in [1.82, 2.24) is 25.1 Å². The lowest BCUT2D eigenvalue weighted by Crippen LogP contribution is -2.21. The van der Waals surface area contributed by atoms with Crippen molar-refractivity contribution in [2.24, 2.45) is 0 Å². The van der Waals surface area contributed by atoms with Crippen LogP contribution in [0, 0.1) is 6.92 Å². The number of rotatable bonds is 6. The first-order chi connectivity index (χ1) is 13.7. The van der Waals surface area contributed by atoms with Crippen LogP contribution in [0.1, 0.15) is 29.8 Å². The lowest BCUT2D eigenvalue weighted by atomic mass is 10.1. The summed E-state index contributed by atoms with van der Waals surface area (Å²) in [5.74, 6) is 0.709. The average Bonchev–Trinajstić information content (AvgIpc) is 3.36. The van der Waals surface area contributed by atoms with Crippen LogP contribution in [0.2, 0.25) is 0 Å². The molecule has 28 heavy (non-hydrogen) atoms. The zero-order chi connectivity index (χ0) is 19.3. The van der Waals surface area contributed by atoms with Gasteiger partial charge in [0.25, 0.3) is 0 Å². The number of anilines is 1. The Hall–Kier alpha value is -3.06. The number of amides is 1. The fraction of sp³-hybridized carbons (Fsp3) is 0.333. The maximum absolute atomic E-state index is 12.6. The van der Waals surface area contributed by atoms with Gasteiger partial charge in [0.15, 0.2) is 5.82 Å². The quantitative estimate of drug-likeness (QED) is 0.716. The number of aromatic nitrogens is 4. The molecule has 0 radical (unpaired) electrons. The molecule has 1 aromatic heterocycles. The molecule has 0 atom stereocenters. The smallest absolute Gasteiger partial charge is 0.228 e. The van der Waals surface area contributed by atoms with Crippen LogP contribution in [0.4, 0.5) is 5.69 Å². The van der Waals surface area contributed by atoms with E-state index in [1.54, 1.807) is 4.68 Å².